The maximum absolute atomic E-state index is 13.1. The summed E-state index contributed by atoms with van der Waals surface area (Å²) in [4.78, 5) is 28.1. The first-order valence-corrected chi connectivity index (χ1v) is 10.2. The fraction of sp³-hybridized carbons (Fsp3) is 0.273. The molecule has 9 heteroatoms. The average Bonchev–Trinajstić information content (AvgIpc) is 3.17. The molecule has 0 bridgehead atoms. The van der Waals surface area contributed by atoms with Crippen LogP contribution in [0.1, 0.15) is 25.5 Å². The summed E-state index contributed by atoms with van der Waals surface area (Å²) in [6.07, 6.45) is 3.67. The van der Waals surface area contributed by atoms with Gasteiger partial charge in [-0.25, -0.2) is 4.68 Å². The molecule has 8 nitrogen and oxygen atoms in total. The van der Waals surface area contributed by atoms with Crippen molar-refractivity contribution in [3.05, 3.63) is 65.4 Å². The van der Waals surface area contributed by atoms with E-state index in [0.29, 0.717) is 23.0 Å². The van der Waals surface area contributed by atoms with E-state index in [-0.39, 0.29) is 18.5 Å². The SMILES string of the molecule is CC(C)n1nc(-c2ccncc2)cc1NC(=O)C(Cc1ccc(Cl)cc1)NCC(=O)O. The van der Waals surface area contributed by atoms with E-state index in [9.17, 15) is 9.59 Å². The lowest BCUT2D eigenvalue weighted by Gasteiger charge is -2.19. The molecule has 1 unspecified atom stereocenters. The van der Waals surface area contributed by atoms with Crippen molar-refractivity contribution in [1.82, 2.24) is 20.1 Å². The van der Waals surface area contributed by atoms with Gasteiger partial charge in [0.25, 0.3) is 0 Å². The molecular weight excluding hydrogens is 418 g/mol. The van der Waals surface area contributed by atoms with Gasteiger partial charge >= 0.3 is 5.97 Å². The Hall–Kier alpha value is -3.23. The monoisotopic (exact) mass is 441 g/mol. The molecule has 1 aromatic carbocycles. The topological polar surface area (TPSA) is 109 Å². The van der Waals surface area contributed by atoms with E-state index in [1.165, 1.54) is 0 Å². The minimum atomic E-state index is -1.04. The van der Waals surface area contributed by atoms with Gasteiger partial charge in [0.05, 0.1) is 18.3 Å². The molecule has 0 aliphatic rings. The summed E-state index contributed by atoms with van der Waals surface area (Å²) in [5, 5.41) is 20.0. The summed E-state index contributed by atoms with van der Waals surface area (Å²) < 4.78 is 1.73. The van der Waals surface area contributed by atoms with Crippen molar-refractivity contribution in [2.75, 3.05) is 11.9 Å². The molecule has 0 saturated heterocycles. The number of carboxylic acid groups (broad SMARTS) is 1. The second-order valence-electron chi connectivity index (χ2n) is 7.34. The number of pyridine rings is 1. The maximum atomic E-state index is 13.1. The van der Waals surface area contributed by atoms with E-state index in [2.05, 4.69) is 20.7 Å². The average molecular weight is 442 g/mol. The molecule has 3 aromatic rings. The predicted molar refractivity (Wildman–Crippen MR) is 119 cm³/mol. The third-order valence-corrected chi connectivity index (χ3v) is 4.87. The number of carbonyl (C=O) groups excluding carboxylic acids is 1. The molecule has 31 heavy (non-hydrogen) atoms. The van der Waals surface area contributed by atoms with Gasteiger partial charge in [-0.2, -0.15) is 5.10 Å². The summed E-state index contributed by atoms with van der Waals surface area (Å²) in [6, 6.07) is 11.8. The van der Waals surface area contributed by atoms with E-state index in [1.807, 2.05) is 38.1 Å². The normalized spacial score (nSPS) is 12.0. The maximum Gasteiger partial charge on any atom is 0.317 e. The molecule has 0 saturated carbocycles. The first kappa shape index (κ1) is 22.5. The number of aliphatic carboxylic acids is 1. The Balaban J connectivity index is 1.83. The van der Waals surface area contributed by atoms with Crippen LogP contribution in [0.2, 0.25) is 5.02 Å². The third-order valence-electron chi connectivity index (χ3n) is 4.62. The van der Waals surface area contributed by atoms with Crippen LogP contribution in [0.4, 0.5) is 5.82 Å². The van der Waals surface area contributed by atoms with Gasteiger partial charge in [0.2, 0.25) is 5.91 Å². The molecule has 1 amide bonds. The van der Waals surface area contributed by atoms with Crippen LogP contribution in [0.5, 0.6) is 0 Å². The number of carbonyl (C=O) groups is 2. The Morgan fingerprint density at radius 3 is 2.42 bits per heavy atom. The van der Waals surface area contributed by atoms with E-state index >= 15 is 0 Å². The van der Waals surface area contributed by atoms with Crippen LogP contribution >= 0.6 is 11.6 Å². The van der Waals surface area contributed by atoms with Crippen LogP contribution in [0.3, 0.4) is 0 Å². The first-order valence-electron chi connectivity index (χ1n) is 9.84. The highest BCUT2D eigenvalue weighted by Crippen LogP contribution is 2.24. The largest absolute Gasteiger partial charge is 0.480 e. The molecule has 0 radical (unpaired) electrons. The Kier molecular flexibility index (Phi) is 7.38. The molecule has 0 spiro atoms. The van der Waals surface area contributed by atoms with Gasteiger partial charge in [0.1, 0.15) is 5.82 Å². The lowest BCUT2D eigenvalue weighted by molar-refractivity contribution is -0.136. The van der Waals surface area contributed by atoms with Gasteiger partial charge in [-0.15, -0.1) is 0 Å². The van der Waals surface area contributed by atoms with Crippen molar-refractivity contribution in [2.24, 2.45) is 0 Å². The summed E-state index contributed by atoms with van der Waals surface area (Å²) in [6.45, 7) is 3.59. The van der Waals surface area contributed by atoms with Gasteiger partial charge in [-0.3, -0.25) is 19.9 Å². The Morgan fingerprint density at radius 2 is 1.81 bits per heavy atom. The molecular formula is C22H24ClN5O3. The number of nitrogens with zero attached hydrogens (tertiary/aromatic N) is 3. The molecule has 2 aromatic heterocycles. The van der Waals surface area contributed by atoms with Crippen LogP contribution < -0.4 is 10.6 Å². The van der Waals surface area contributed by atoms with Crippen molar-refractivity contribution in [3.63, 3.8) is 0 Å². The summed E-state index contributed by atoms with van der Waals surface area (Å²) >= 11 is 5.93. The number of halogens is 1. The summed E-state index contributed by atoms with van der Waals surface area (Å²) in [5.74, 6) is -0.856. The second-order valence-corrected chi connectivity index (χ2v) is 7.77. The zero-order chi connectivity index (χ0) is 22.4. The summed E-state index contributed by atoms with van der Waals surface area (Å²) in [7, 11) is 0. The number of hydrogen-bond donors (Lipinski definition) is 3. The molecule has 0 fully saturated rings. The number of aromatic nitrogens is 3. The fourth-order valence-corrected chi connectivity index (χ4v) is 3.21. The highest BCUT2D eigenvalue weighted by Gasteiger charge is 2.22. The van der Waals surface area contributed by atoms with E-state index in [1.54, 1.807) is 35.3 Å². The highest BCUT2D eigenvalue weighted by molar-refractivity contribution is 6.30. The zero-order valence-electron chi connectivity index (χ0n) is 17.2. The minimum absolute atomic E-state index is 0.00702. The standard InChI is InChI=1S/C22H24ClN5O3/c1-14(2)28-20(12-18(27-28)16-7-9-24-10-8-16)26-22(31)19(25-13-21(29)30)11-15-3-5-17(23)6-4-15/h3-10,12,14,19,25H,11,13H2,1-2H3,(H,26,31)(H,29,30). The second kappa shape index (κ2) is 10.2. The molecule has 1 atom stereocenters. The predicted octanol–water partition coefficient (Wildman–Crippen LogP) is 3.40. The fourth-order valence-electron chi connectivity index (χ4n) is 3.08. The van der Waals surface area contributed by atoms with Crippen LogP contribution in [-0.2, 0) is 16.0 Å². The summed E-state index contributed by atoms with van der Waals surface area (Å²) in [5.41, 5.74) is 2.45. The highest BCUT2D eigenvalue weighted by atomic mass is 35.5. The van der Waals surface area contributed by atoms with Gasteiger partial charge in [0.15, 0.2) is 0 Å². The van der Waals surface area contributed by atoms with Crippen molar-refractivity contribution < 1.29 is 14.7 Å². The van der Waals surface area contributed by atoms with Crippen molar-refractivity contribution in [3.8, 4) is 11.3 Å². The third kappa shape index (κ3) is 6.13. The number of anilines is 1. The number of amides is 1. The number of nitrogens with one attached hydrogen (secondary N) is 2. The molecule has 0 aliphatic heterocycles. The Bertz CT molecular complexity index is 1040. The van der Waals surface area contributed by atoms with Gasteiger partial charge < -0.3 is 10.4 Å². The van der Waals surface area contributed by atoms with Crippen molar-refractivity contribution >= 4 is 29.3 Å². The van der Waals surface area contributed by atoms with E-state index in [0.717, 1.165) is 11.1 Å². The minimum Gasteiger partial charge on any atom is -0.480 e. The zero-order valence-corrected chi connectivity index (χ0v) is 18.0. The van der Waals surface area contributed by atoms with Crippen molar-refractivity contribution in [2.45, 2.75) is 32.4 Å². The molecule has 0 aliphatic carbocycles. The quantitative estimate of drug-likeness (QED) is 0.469. The molecule has 3 N–H and O–H groups in total. The molecule has 3 rings (SSSR count). The Morgan fingerprint density at radius 1 is 1.13 bits per heavy atom. The molecule has 162 valence electrons. The van der Waals surface area contributed by atoms with Crippen LogP contribution in [0, 0.1) is 0 Å². The van der Waals surface area contributed by atoms with E-state index < -0.39 is 12.0 Å². The molecule has 2 heterocycles. The smallest absolute Gasteiger partial charge is 0.317 e. The van der Waals surface area contributed by atoms with Crippen molar-refractivity contribution in [1.29, 1.82) is 0 Å². The van der Waals surface area contributed by atoms with Crippen LogP contribution in [0.15, 0.2) is 54.9 Å². The number of rotatable bonds is 9. The van der Waals surface area contributed by atoms with Crippen LogP contribution in [-0.4, -0.2) is 44.3 Å². The Labute approximate surface area is 185 Å². The van der Waals surface area contributed by atoms with Gasteiger partial charge in [0, 0.05) is 35.1 Å². The number of benzene rings is 1. The lowest BCUT2D eigenvalue weighted by atomic mass is 10.1. The number of hydrogen-bond acceptors (Lipinski definition) is 5. The van der Waals surface area contributed by atoms with Gasteiger partial charge in [-0.1, -0.05) is 23.7 Å². The number of carboxylic acids is 1. The van der Waals surface area contributed by atoms with Gasteiger partial charge in [-0.05, 0) is 50.1 Å². The lowest BCUT2D eigenvalue weighted by Crippen LogP contribution is -2.44. The van der Waals surface area contributed by atoms with Crippen LogP contribution in [0.25, 0.3) is 11.3 Å². The van der Waals surface area contributed by atoms with E-state index in [4.69, 9.17) is 16.7 Å². The first-order chi connectivity index (χ1) is 14.8.